The van der Waals surface area contributed by atoms with Crippen molar-refractivity contribution in [2.45, 2.75) is 18.9 Å². The average Bonchev–Trinajstić information content (AvgIpc) is 2.65. The van der Waals surface area contributed by atoms with Gasteiger partial charge in [0.25, 0.3) is 0 Å². The van der Waals surface area contributed by atoms with Crippen LogP contribution >= 0.6 is 0 Å². The summed E-state index contributed by atoms with van der Waals surface area (Å²) in [4.78, 5) is 19.6. The average molecular weight is 334 g/mol. The van der Waals surface area contributed by atoms with Crippen molar-refractivity contribution in [3.63, 3.8) is 0 Å². The molecule has 128 valence electrons. The summed E-state index contributed by atoms with van der Waals surface area (Å²) in [6, 6.07) is 11.9. The highest BCUT2D eigenvalue weighted by Gasteiger charge is 2.49. The minimum Gasteiger partial charge on any atom is -0.458 e. The molecule has 0 amide bonds. The Bertz CT molecular complexity index is 761. The fraction of sp³-hybridized carbons (Fsp3) is 0.429. The van der Waals surface area contributed by atoms with Crippen LogP contribution < -0.4 is 0 Å². The summed E-state index contributed by atoms with van der Waals surface area (Å²) in [5.74, 6) is 1.62. The van der Waals surface area contributed by atoms with E-state index in [4.69, 9.17) is 4.74 Å². The molecule has 4 aliphatic rings. The third-order valence-corrected chi connectivity index (χ3v) is 6.03. The number of carbonyl (C=O) groups is 1. The van der Waals surface area contributed by atoms with Crippen molar-refractivity contribution in [2.75, 3.05) is 19.6 Å². The zero-order valence-electron chi connectivity index (χ0n) is 14.2. The minimum absolute atomic E-state index is 0.0840. The van der Waals surface area contributed by atoms with Gasteiger partial charge in [-0.2, -0.15) is 0 Å². The van der Waals surface area contributed by atoms with Gasteiger partial charge in [0.1, 0.15) is 6.10 Å². The maximum atomic E-state index is 12.7. The summed E-state index contributed by atoms with van der Waals surface area (Å²) in [7, 11) is 0. The van der Waals surface area contributed by atoms with Crippen molar-refractivity contribution in [2.24, 2.45) is 17.8 Å². The first-order valence-electron chi connectivity index (χ1n) is 9.20. The molecule has 1 saturated carbocycles. The highest BCUT2D eigenvalue weighted by Crippen LogP contribution is 2.44. The summed E-state index contributed by atoms with van der Waals surface area (Å²) in [6.45, 7) is 3.43. The smallest absolute Gasteiger partial charge is 0.340 e. The molecule has 4 nitrogen and oxygen atoms in total. The number of hydrogen-bond acceptors (Lipinski definition) is 4. The van der Waals surface area contributed by atoms with Gasteiger partial charge >= 0.3 is 5.97 Å². The third kappa shape index (κ3) is 2.74. The molecule has 2 unspecified atom stereocenters. The topological polar surface area (TPSA) is 42.4 Å². The first kappa shape index (κ1) is 15.1. The highest BCUT2D eigenvalue weighted by atomic mass is 16.5. The van der Waals surface area contributed by atoms with Crippen LogP contribution in [0, 0.1) is 17.8 Å². The van der Waals surface area contributed by atoms with Gasteiger partial charge in [0.05, 0.1) is 5.56 Å². The van der Waals surface area contributed by atoms with Crippen molar-refractivity contribution >= 4 is 5.97 Å². The number of carbonyl (C=O) groups excluding carboxylic acids is 1. The van der Waals surface area contributed by atoms with Gasteiger partial charge in [-0.25, -0.2) is 4.79 Å². The number of piperidine rings is 3. The number of nitrogens with zero attached hydrogens (tertiary/aromatic N) is 2. The van der Waals surface area contributed by atoms with Crippen LogP contribution in [0.5, 0.6) is 0 Å². The Morgan fingerprint density at radius 2 is 1.76 bits per heavy atom. The van der Waals surface area contributed by atoms with Gasteiger partial charge in [0, 0.05) is 49.4 Å². The Hall–Kier alpha value is -2.20. The van der Waals surface area contributed by atoms with Crippen molar-refractivity contribution in [1.29, 1.82) is 0 Å². The van der Waals surface area contributed by atoms with Gasteiger partial charge in [-0.05, 0) is 30.4 Å². The Kier molecular flexibility index (Phi) is 3.59. The molecule has 4 heterocycles. The number of pyridine rings is 1. The predicted molar refractivity (Wildman–Crippen MR) is 95.0 cm³/mol. The lowest BCUT2D eigenvalue weighted by Gasteiger charge is -2.55. The number of rotatable bonds is 3. The van der Waals surface area contributed by atoms with E-state index in [-0.39, 0.29) is 12.1 Å². The van der Waals surface area contributed by atoms with Crippen LogP contribution in [0.15, 0.2) is 48.8 Å². The summed E-state index contributed by atoms with van der Waals surface area (Å²) in [6.07, 6.45) is 5.93. The highest BCUT2D eigenvalue weighted by molar-refractivity contribution is 5.90. The standard InChI is InChI=1S/C21H22N2O2/c24-21(17-8-16(9-22-10-17)15-4-2-1-3-5-15)25-20-18-6-14-7-19(20)13-23(11-14)12-18/h1-5,8-10,14,18-20H,6-7,11-13H2. The molecule has 1 aromatic heterocycles. The zero-order valence-corrected chi connectivity index (χ0v) is 14.2. The van der Waals surface area contributed by atoms with E-state index in [1.54, 1.807) is 12.4 Å². The number of ether oxygens (including phenoxy) is 1. The van der Waals surface area contributed by atoms with Crippen LogP contribution in [0.1, 0.15) is 23.2 Å². The van der Waals surface area contributed by atoms with Gasteiger partial charge in [-0.1, -0.05) is 30.3 Å². The van der Waals surface area contributed by atoms with E-state index in [1.165, 1.54) is 19.4 Å². The molecule has 1 aliphatic carbocycles. The summed E-state index contributed by atoms with van der Waals surface area (Å²) >= 11 is 0. The summed E-state index contributed by atoms with van der Waals surface area (Å²) < 4.78 is 6.00. The van der Waals surface area contributed by atoms with Crippen molar-refractivity contribution in [1.82, 2.24) is 9.88 Å². The second-order valence-corrected chi connectivity index (χ2v) is 7.77. The normalized spacial score (nSPS) is 32.6. The monoisotopic (exact) mass is 334 g/mol. The molecule has 4 heteroatoms. The Morgan fingerprint density at radius 3 is 2.48 bits per heavy atom. The fourth-order valence-corrected chi connectivity index (χ4v) is 5.09. The molecule has 25 heavy (non-hydrogen) atoms. The molecule has 3 aliphatic heterocycles. The number of aromatic nitrogens is 1. The van der Waals surface area contributed by atoms with Crippen LogP contribution in [-0.4, -0.2) is 41.6 Å². The Balaban J connectivity index is 1.35. The summed E-state index contributed by atoms with van der Waals surface area (Å²) in [5, 5.41) is 0. The maximum absolute atomic E-state index is 12.7. The first-order valence-corrected chi connectivity index (χ1v) is 9.20. The van der Waals surface area contributed by atoms with Crippen molar-refractivity contribution in [3.05, 3.63) is 54.4 Å². The maximum Gasteiger partial charge on any atom is 0.340 e. The minimum atomic E-state index is -0.224. The summed E-state index contributed by atoms with van der Waals surface area (Å²) in [5.41, 5.74) is 2.56. The van der Waals surface area contributed by atoms with Gasteiger partial charge in [0.15, 0.2) is 0 Å². The van der Waals surface area contributed by atoms with Crippen LogP contribution in [0.3, 0.4) is 0 Å². The molecule has 3 saturated heterocycles. The van der Waals surface area contributed by atoms with E-state index in [0.717, 1.165) is 30.1 Å². The molecular weight excluding hydrogens is 312 g/mol. The van der Waals surface area contributed by atoms with E-state index in [1.807, 2.05) is 36.4 Å². The molecule has 0 spiro atoms. The van der Waals surface area contributed by atoms with Crippen molar-refractivity contribution < 1.29 is 9.53 Å². The molecule has 2 aromatic rings. The number of benzene rings is 1. The van der Waals surface area contributed by atoms with E-state index >= 15 is 0 Å². The molecule has 4 fully saturated rings. The van der Waals surface area contributed by atoms with Crippen LogP contribution in [-0.2, 0) is 4.74 Å². The lowest BCUT2D eigenvalue weighted by molar-refractivity contribution is -0.116. The van der Waals surface area contributed by atoms with E-state index in [2.05, 4.69) is 9.88 Å². The Morgan fingerprint density at radius 1 is 1.00 bits per heavy atom. The first-order chi connectivity index (χ1) is 12.3. The van der Waals surface area contributed by atoms with Gasteiger partial charge in [-0.3, -0.25) is 4.98 Å². The van der Waals surface area contributed by atoms with Crippen LogP contribution in [0.4, 0.5) is 0 Å². The molecule has 2 atom stereocenters. The van der Waals surface area contributed by atoms with E-state index in [9.17, 15) is 4.79 Å². The van der Waals surface area contributed by atoms with Crippen LogP contribution in [0.25, 0.3) is 11.1 Å². The number of esters is 1. The molecule has 0 radical (unpaired) electrons. The lowest BCUT2D eigenvalue weighted by atomic mass is 9.66. The molecule has 6 rings (SSSR count). The largest absolute Gasteiger partial charge is 0.458 e. The molecular formula is C21H22N2O2. The zero-order chi connectivity index (χ0) is 16.8. The van der Waals surface area contributed by atoms with E-state index < -0.39 is 0 Å². The quantitative estimate of drug-likeness (QED) is 0.808. The second kappa shape index (κ2) is 5.95. The van der Waals surface area contributed by atoms with Gasteiger partial charge in [0.2, 0.25) is 0 Å². The van der Waals surface area contributed by atoms with Gasteiger partial charge < -0.3 is 9.64 Å². The fourth-order valence-electron chi connectivity index (χ4n) is 5.09. The molecule has 4 bridgehead atoms. The predicted octanol–water partition coefficient (Wildman–Crippen LogP) is 3.25. The molecule has 0 N–H and O–H groups in total. The Labute approximate surface area is 147 Å². The second-order valence-electron chi connectivity index (χ2n) is 7.77. The van der Waals surface area contributed by atoms with Crippen molar-refractivity contribution in [3.8, 4) is 11.1 Å². The van der Waals surface area contributed by atoms with Gasteiger partial charge in [-0.15, -0.1) is 0 Å². The van der Waals surface area contributed by atoms with Crippen LogP contribution in [0.2, 0.25) is 0 Å². The number of hydrogen-bond donors (Lipinski definition) is 0. The van der Waals surface area contributed by atoms with E-state index in [0.29, 0.717) is 17.4 Å². The molecule has 1 aromatic carbocycles. The lowest BCUT2D eigenvalue weighted by Crippen LogP contribution is -2.60. The SMILES string of the molecule is O=C(OC1C2CC3CC1CN(C3)C2)c1cncc(-c2ccccc2)c1. The third-order valence-electron chi connectivity index (χ3n) is 6.03.